The minimum Gasteiger partial charge on any atom is -0.494 e. The number of carbonyl (C=O) groups excluding carboxylic acids is 1. The maximum atomic E-state index is 12.2. The van der Waals surface area contributed by atoms with Crippen LogP contribution in [0, 0.1) is 0 Å². The van der Waals surface area contributed by atoms with Crippen LogP contribution >= 0.6 is 0 Å². The number of rotatable bonds is 13. The molecule has 0 bridgehead atoms. The van der Waals surface area contributed by atoms with Gasteiger partial charge in [0, 0.05) is 6.42 Å². The molecule has 1 atom stereocenters. The standard InChI is InChI=1S/C28H32N2O5/c1-3-33-24-13-11-23(12-14-24)25(31)15-17-28(32)30-29-19-22-10-16-26(27(18-22)34-4-2)35-20-21-8-6-5-7-9-21/h5-14,16,18-19,25,31H,3-4,15,17,20H2,1-2H3,(H,30,32)/b29-19-/t25-/m0/s1. The zero-order chi connectivity index (χ0) is 24.9. The largest absolute Gasteiger partial charge is 0.494 e. The third-order valence-electron chi connectivity index (χ3n) is 5.13. The summed E-state index contributed by atoms with van der Waals surface area (Å²) in [7, 11) is 0. The quantitative estimate of drug-likeness (QED) is 0.267. The molecule has 3 rings (SSSR count). The SMILES string of the molecule is CCOc1ccc([C@@H](O)CCC(=O)N/N=C\c2ccc(OCc3ccccc3)c(OCC)c2)cc1. The highest BCUT2D eigenvalue weighted by molar-refractivity contribution is 5.83. The maximum Gasteiger partial charge on any atom is 0.240 e. The molecule has 0 saturated heterocycles. The first-order chi connectivity index (χ1) is 17.1. The van der Waals surface area contributed by atoms with Crippen molar-refractivity contribution in [1.82, 2.24) is 5.43 Å². The molecular weight excluding hydrogens is 444 g/mol. The van der Waals surface area contributed by atoms with Gasteiger partial charge in [-0.05, 0) is 67.3 Å². The summed E-state index contributed by atoms with van der Waals surface area (Å²) in [6.45, 7) is 5.34. The number of aliphatic hydroxyl groups is 1. The third kappa shape index (κ3) is 8.46. The number of ether oxygens (including phenoxy) is 3. The monoisotopic (exact) mass is 476 g/mol. The van der Waals surface area contributed by atoms with E-state index in [1.165, 1.54) is 0 Å². The summed E-state index contributed by atoms with van der Waals surface area (Å²) in [5.41, 5.74) is 5.07. The molecule has 0 unspecified atom stereocenters. The lowest BCUT2D eigenvalue weighted by molar-refractivity contribution is -0.121. The first-order valence-corrected chi connectivity index (χ1v) is 11.7. The zero-order valence-electron chi connectivity index (χ0n) is 20.1. The van der Waals surface area contributed by atoms with Crippen LogP contribution in [0.5, 0.6) is 17.2 Å². The second-order valence-electron chi connectivity index (χ2n) is 7.76. The molecule has 0 radical (unpaired) electrons. The molecule has 0 aromatic heterocycles. The molecule has 35 heavy (non-hydrogen) atoms. The zero-order valence-corrected chi connectivity index (χ0v) is 20.1. The predicted octanol–water partition coefficient (Wildman–Crippen LogP) is 5.03. The van der Waals surface area contributed by atoms with Gasteiger partial charge in [0.05, 0.1) is 25.5 Å². The van der Waals surface area contributed by atoms with Crippen LogP contribution in [0.1, 0.15) is 49.5 Å². The maximum absolute atomic E-state index is 12.2. The van der Waals surface area contributed by atoms with Crippen LogP contribution in [-0.2, 0) is 11.4 Å². The van der Waals surface area contributed by atoms with E-state index >= 15 is 0 Å². The van der Waals surface area contributed by atoms with E-state index in [0.29, 0.717) is 31.3 Å². The Labute approximate surface area is 206 Å². The van der Waals surface area contributed by atoms with E-state index in [2.05, 4.69) is 10.5 Å². The Morgan fingerprint density at radius 3 is 2.40 bits per heavy atom. The van der Waals surface area contributed by atoms with Gasteiger partial charge in [0.1, 0.15) is 12.4 Å². The molecule has 0 saturated carbocycles. The summed E-state index contributed by atoms with van der Waals surface area (Å²) in [6.07, 6.45) is 1.24. The lowest BCUT2D eigenvalue weighted by Gasteiger charge is -2.12. The van der Waals surface area contributed by atoms with Gasteiger partial charge in [0.15, 0.2) is 11.5 Å². The Bertz CT molecular complexity index is 1080. The Balaban J connectivity index is 1.49. The van der Waals surface area contributed by atoms with Gasteiger partial charge in [-0.25, -0.2) is 5.43 Å². The van der Waals surface area contributed by atoms with Crippen molar-refractivity contribution in [2.45, 2.75) is 39.4 Å². The van der Waals surface area contributed by atoms with E-state index in [1.54, 1.807) is 30.5 Å². The van der Waals surface area contributed by atoms with Crippen LogP contribution in [0.4, 0.5) is 0 Å². The van der Waals surface area contributed by atoms with Gasteiger partial charge in [0.2, 0.25) is 5.91 Å². The number of aliphatic hydroxyl groups excluding tert-OH is 1. The molecule has 0 fully saturated rings. The topological polar surface area (TPSA) is 89.4 Å². The number of amides is 1. The molecule has 7 heteroatoms. The number of benzene rings is 3. The summed E-state index contributed by atoms with van der Waals surface area (Å²) in [5, 5.41) is 14.4. The Morgan fingerprint density at radius 2 is 1.69 bits per heavy atom. The summed E-state index contributed by atoms with van der Waals surface area (Å²) in [6, 6.07) is 22.6. The predicted molar refractivity (Wildman–Crippen MR) is 136 cm³/mol. The van der Waals surface area contributed by atoms with Crippen molar-refractivity contribution >= 4 is 12.1 Å². The van der Waals surface area contributed by atoms with Crippen LogP contribution < -0.4 is 19.6 Å². The summed E-state index contributed by atoms with van der Waals surface area (Å²) in [5.74, 6) is 1.72. The Kier molecular flexibility index (Phi) is 10.1. The van der Waals surface area contributed by atoms with E-state index in [4.69, 9.17) is 14.2 Å². The van der Waals surface area contributed by atoms with Crippen LogP contribution in [0.3, 0.4) is 0 Å². The first kappa shape index (κ1) is 25.8. The molecule has 0 aliphatic heterocycles. The average molecular weight is 477 g/mol. The Morgan fingerprint density at radius 1 is 0.943 bits per heavy atom. The van der Waals surface area contributed by atoms with E-state index in [-0.39, 0.29) is 18.7 Å². The molecule has 184 valence electrons. The van der Waals surface area contributed by atoms with E-state index in [0.717, 1.165) is 22.4 Å². The minimum absolute atomic E-state index is 0.141. The van der Waals surface area contributed by atoms with E-state index < -0.39 is 6.10 Å². The molecule has 2 N–H and O–H groups in total. The Hall–Kier alpha value is -3.84. The number of nitrogens with zero attached hydrogens (tertiary/aromatic N) is 1. The average Bonchev–Trinajstić information content (AvgIpc) is 2.88. The molecule has 3 aromatic rings. The van der Waals surface area contributed by atoms with Gasteiger partial charge >= 0.3 is 0 Å². The fourth-order valence-electron chi connectivity index (χ4n) is 3.35. The van der Waals surface area contributed by atoms with Gasteiger partial charge in [-0.3, -0.25) is 4.79 Å². The first-order valence-electron chi connectivity index (χ1n) is 11.7. The van der Waals surface area contributed by atoms with Crippen molar-refractivity contribution < 1.29 is 24.1 Å². The highest BCUT2D eigenvalue weighted by Gasteiger charge is 2.11. The molecule has 3 aromatic carbocycles. The summed E-state index contributed by atoms with van der Waals surface area (Å²) < 4.78 is 17.0. The fourth-order valence-corrected chi connectivity index (χ4v) is 3.35. The van der Waals surface area contributed by atoms with Gasteiger partial charge in [-0.1, -0.05) is 42.5 Å². The van der Waals surface area contributed by atoms with Crippen LogP contribution in [0.25, 0.3) is 0 Å². The van der Waals surface area contributed by atoms with Crippen molar-refractivity contribution in [1.29, 1.82) is 0 Å². The number of nitrogens with one attached hydrogen (secondary N) is 1. The summed E-state index contributed by atoms with van der Waals surface area (Å²) >= 11 is 0. The van der Waals surface area contributed by atoms with Gasteiger partial charge in [-0.2, -0.15) is 5.10 Å². The molecule has 7 nitrogen and oxygen atoms in total. The number of hydrogen-bond donors (Lipinski definition) is 2. The minimum atomic E-state index is -0.738. The van der Waals surface area contributed by atoms with Crippen molar-refractivity contribution in [2.24, 2.45) is 5.10 Å². The summed E-state index contributed by atoms with van der Waals surface area (Å²) in [4.78, 5) is 12.2. The lowest BCUT2D eigenvalue weighted by atomic mass is 10.0. The smallest absolute Gasteiger partial charge is 0.240 e. The molecule has 0 spiro atoms. The highest BCUT2D eigenvalue weighted by Crippen LogP contribution is 2.29. The number of hydrogen-bond acceptors (Lipinski definition) is 6. The highest BCUT2D eigenvalue weighted by atomic mass is 16.5. The van der Waals surface area contributed by atoms with Gasteiger partial charge < -0.3 is 19.3 Å². The molecule has 0 aliphatic rings. The van der Waals surface area contributed by atoms with Crippen molar-refractivity contribution in [3.63, 3.8) is 0 Å². The fraction of sp³-hybridized carbons (Fsp3) is 0.286. The molecule has 0 aliphatic carbocycles. The molecule has 1 amide bonds. The second-order valence-corrected chi connectivity index (χ2v) is 7.76. The van der Waals surface area contributed by atoms with Crippen molar-refractivity contribution in [2.75, 3.05) is 13.2 Å². The van der Waals surface area contributed by atoms with Crippen molar-refractivity contribution in [3.05, 3.63) is 89.5 Å². The number of carbonyl (C=O) groups is 1. The van der Waals surface area contributed by atoms with Crippen LogP contribution in [0.15, 0.2) is 77.9 Å². The van der Waals surface area contributed by atoms with E-state index in [1.807, 2.05) is 62.4 Å². The lowest BCUT2D eigenvalue weighted by Crippen LogP contribution is -2.18. The van der Waals surface area contributed by atoms with Crippen molar-refractivity contribution in [3.8, 4) is 17.2 Å². The van der Waals surface area contributed by atoms with Crippen LogP contribution in [-0.4, -0.2) is 30.4 Å². The van der Waals surface area contributed by atoms with Gasteiger partial charge in [-0.15, -0.1) is 0 Å². The molecular formula is C28H32N2O5. The van der Waals surface area contributed by atoms with Crippen LogP contribution in [0.2, 0.25) is 0 Å². The molecule has 0 heterocycles. The normalized spacial score (nSPS) is 11.7. The second kappa shape index (κ2) is 13.8. The van der Waals surface area contributed by atoms with E-state index in [9.17, 15) is 9.90 Å². The van der Waals surface area contributed by atoms with Gasteiger partial charge in [0.25, 0.3) is 0 Å². The number of hydrazone groups is 1. The third-order valence-corrected chi connectivity index (χ3v) is 5.13.